The van der Waals surface area contributed by atoms with Gasteiger partial charge in [0.1, 0.15) is 23.5 Å². The monoisotopic (exact) mass is 516 g/mol. The van der Waals surface area contributed by atoms with Gasteiger partial charge in [-0.1, -0.05) is 31.2 Å². The molecular formula is C27H32O10. The summed E-state index contributed by atoms with van der Waals surface area (Å²) in [5, 5.41) is 11.6. The first-order chi connectivity index (χ1) is 17.7. The lowest BCUT2D eigenvalue weighted by Crippen LogP contribution is -2.46. The molecule has 1 aromatic rings. The van der Waals surface area contributed by atoms with Gasteiger partial charge < -0.3 is 24.1 Å². The van der Waals surface area contributed by atoms with Crippen molar-refractivity contribution >= 4 is 29.7 Å². The predicted octanol–water partition coefficient (Wildman–Crippen LogP) is 2.75. The number of aliphatic hydroxyl groups excluding tert-OH is 1. The van der Waals surface area contributed by atoms with Crippen LogP contribution in [0.5, 0.6) is 0 Å². The van der Waals surface area contributed by atoms with E-state index in [0.29, 0.717) is 17.5 Å². The summed E-state index contributed by atoms with van der Waals surface area (Å²) in [5.41, 5.74) is 0.260. The van der Waals surface area contributed by atoms with Gasteiger partial charge in [0.15, 0.2) is 5.78 Å². The van der Waals surface area contributed by atoms with E-state index in [0.717, 1.165) is 0 Å². The Hall–Kier alpha value is -3.69. The van der Waals surface area contributed by atoms with E-state index in [1.807, 2.05) is 0 Å². The molecule has 0 aromatic heterocycles. The predicted molar refractivity (Wildman–Crippen MR) is 128 cm³/mol. The number of carbonyl (C=O) groups is 5. The maximum atomic E-state index is 14.1. The molecule has 5 atom stereocenters. The molecule has 37 heavy (non-hydrogen) atoms. The summed E-state index contributed by atoms with van der Waals surface area (Å²) in [6, 6.07) is 6.46. The normalized spacial score (nSPS) is 24.4. The molecule has 0 radical (unpaired) electrons. The minimum absolute atomic E-state index is 0.000945. The second kappa shape index (κ2) is 12.0. The number of ether oxygens (including phenoxy) is 4. The van der Waals surface area contributed by atoms with E-state index in [9.17, 15) is 29.1 Å². The number of carbonyl (C=O) groups excluding carboxylic acids is 5. The highest BCUT2D eigenvalue weighted by Crippen LogP contribution is 2.54. The Kier molecular flexibility index (Phi) is 9.07. The highest BCUT2D eigenvalue weighted by atomic mass is 16.5. The van der Waals surface area contributed by atoms with Crippen LogP contribution in [0.1, 0.15) is 57.1 Å². The van der Waals surface area contributed by atoms with Crippen molar-refractivity contribution in [3.05, 3.63) is 46.7 Å². The molecule has 0 heterocycles. The molecule has 1 aromatic carbocycles. The first-order valence-corrected chi connectivity index (χ1v) is 12.5. The van der Waals surface area contributed by atoms with Crippen molar-refractivity contribution in [2.75, 3.05) is 26.4 Å². The van der Waals surface area contributed by atoms with Crippen LogP contribution in [-0.2, 0) is 42.9 Å². The van der Waals surface area contributed by atoms with Crippen molar-refractivity contribution in [3.8, 4) is 0 Å². The smallest absolute Gasteiger partial charge is 0.338 e. The number of ketones is 1. The Morgan fingerprint density at radius 2 is 1.27 bits per heavy atom. The molecule has 0 aliphatic heterocycles. The number of benzene rings is 1. The number of aliphatic hydroxyl groups is 1. The summed E-state index contributed by atoms with van der Waals surface area (Å²) < 4.78 is 20.9. The van der Waals surface area contributed by atoms with Gasteiger partial charge in [-0.2, -0.15) is 0 Å². The van der Waals surface area contributed by atoms with Crippen LogP contribution in [0.25, 0.3) is 0 Å². The van der Waals surface area contributed by atoms with Gasteiger partial charge in [-0.15, -0.1) is 0 Å². The van der Waals surface area contributed by atoms with Crippen LogP contribution >= 0.6 is 0 Å². The fraction of sp³-hybridized carbons (Fsp3) is 0.519. The average molecular weight is 517 g/mol. The van der Waals surface area contributed by atoms with Gasteiger partial charge in [-0.3, -0.25) is 19.2 Å². The standard InChI is InChI=1S/C27H32O10/c1-5-13-37-27(33)21-17-15-12-10-9-11-14(15)16(19(23(21)29)25(31)35-7-3)18(24(30)34-6-2)22(28)20(17)26(32)36-8-4/h9-12,16-20,29H,5-8,13H2,1-4H3/t16-,17+,18+,19+,20-/m0/s1. The zero-order valence-electron chi connectivity index (χ0n) is 21.4. The third-order valence-corrected chi connectivity index (χ3v) is 6.52. The number of rotatable bonds is 9. The van der Waals surface area contributed by atoms with E-state index in [2.05, 4.69) is 0 Å². The quantitative estimate of drug-likeness (QED) is 0.296. The fourth-order valence-electron chi connectivity index (χ4n) is 5.16. The summed E-state index contributed by atoms with van der Waals surface area (Å²) in [6.45, 7) is 6.26. The highest BCUT2D eigenvalue weighted by molar-refractivity contribution is 6.12. The molecule has 0 fully saturated rings. The highest BCUT2D eigenvalue weighted by Gasteiger charge is 2.59. The Morgan fingerprint density at radius 3 is 1.81 bits per heavy atom. The summed E-state index contributed by atoms with van der Waals surface area (Å²) in [6.07, 6.45) is 0.468. The van der Waals surface area contributed by atoms with E-state index >= 15 is 0 Å². The molecule has 0 unspecified atom stereocenters. The molecule has 2 aliphatic carbocycles. The van der Waals surface area contributed by atoms with Gasteiger partial charge in [0, 0.05) is 11.8 Å². The number of hydrogen-bond acceptors (Lipinski definition) is 10. The van der Waals surface area contributed by atoms with Gasteiger partial charge in [0.25, 0.3) is 0 Å². The lowest BCUT2D eigenvalue weighted by atomic mass is 9.70. The molecule has 2 aliphatic rings. The lowest BCUT2D eigenvalue weighted by Gasteiger charge is -2.33. The molecule has 0 saturated carbocycles. The van der Waals surface area contributed by atoms with Gasteiger partial charge in [-0.05, 0) is 38.3 Å². The maximum Gasteiger partial charge on any atom is 0.338 e. The SMILES string of the molecule is CCCOC(=O)C1=C(O)[C@H](C(=O)OCC)[C@H]2c3ccccc3[C@@H]1[C@H](C(=O)OCC)C(=O)[C@@H]2C(=O)OCC. The first kappa shape index (κ1) is 27.9. The molecule has 10 nitrogen and oxygen atoms in total. The van der Waals surface area contributed by atoms with E-state index in [1.54, 1.807) is 52.0 Å². The third kappa shape index (κ3) is 5.10. The second-order valence-electron chi connectivity index (χ2n) is 8.66. The topological polar surface area (TPSA) is 142 Å². The number of esters is 4. The summed E-state index contributed by atoms with van der Waals surface area (Å²) >= 11 is 0. The Labute approximate surface area is 214 Å². The molecular weight excluding hydrogens is 484 g/mol. The van der Waals surface area contributed by atoms with Crippen LogP contribution in [0, 0.1) is 17.8 Å². The Morgan fingerprint density at radius 1 is 0.757 bits per heavy atom. The minimum Gasteiger partial charge on any atom is -0.511 e. The van der Waals surface area contributed by atoms with Crippen molar-refractivity contribution in [2.45, 2.75) is 46.0 Å². The minimum atomic E-state index is -1.67. The van der Waals surface area contributed by atoms with Crippen LogP contribution in [0.15, 0.2) is 35.6 Å². The van der Waals surface area contributed by atoms with Gasteiger partial charge in [-0.25, -0.2) is 4.79 Å². The second-order valence-corrected chi connectivity index (χ2v) is 8.66. The summed E-state index contributed by atoms with van der Waals surface area (Å²) in [7, 11) is 0. The van der Waals surface area contributed by atoms with E-state index in [4.69, 9.17) is 18.9 Å². The molecule has 1 N–H and O–H groups in total. The van der Waals surface area contributed by atoms with Crippen LogP contribution in [0.3, 0.4) is 0 Å². The number of hydrogen-bond donors (Lipinski definition) is 1. The molecule has 3 rings (SSSR count). The lowest BCUT2D eigenvalue weighted by molar-refractivity contribution is -0.160. The average Bonchev–Trinajstić information content (AvgIpc) is 3.03. The Balaban J connectivity index is 2.45. The van der Waals surface area contributed by atoms with Crippen LogP contribution in [0.4, 0.5) is 0 Å². The van der Waals surface area contributed by atoms with Crippen molar-refractivity contribution in [2.24, 2.45) is 17.8 Å². The zero-order valence-corrected chi connectivity index (χ0v) is 21.4. The van der Waals surface area contributed by atoms with Gasteiger partial charge in [0.05, 0.1) is 32.0 Å². The maximum absolute atomic E-state index is 14.1. The van der Waals surface area contributed by atoms with Crippen molar-refractivity contribution in [3.63, 3.8) is 0 Å². The molecule has 200 valence electrons. The summed E-state index contributed by atoms with van der Waals surface area (Å²) in [5.74, 6) is -13.0. The third-order valence-electron chi connectivity index (χ3n) is 6.52. The number of Topliss-reactive ketones (excluding diaryl/α,β-unsaturated/α-hetero) is 1. The molecule has 0 amide bonds. The molecule has 2 bridgehead atoms. The Bertz CT molecular complexity index is 1100. The molecule has 10 heteroatoms. The van der Waals surface area contributed by atoms with E-state index in [-0.39, 0.29) is 26.4 Å². The van der Waals surface area contributed by atoms with Crippen molar-refractivity contribution in [1.82, 2.24) is 0 Å². The largest absolute Gasteiger partial charge is 0.511 e. The fourth-order valence-corrected chi connectivity index (χ4v) is 5.16. The molecule has 0 saturated heterocycles. The van der Waals surface area contributed by atoms with Crippen molar-refractivity contribution in [1.29, 1.82) is 0 Å². The van der Waals surface area contributed by atoms with Crippen LogP contribution in [-0.4, -0.2) is 61.2 Å². The van der Waals surface area contributed by atoms with Crippen molar-refractivity contribution < 1.29 is 48.0 Å². The molecule has 0 spiro atoms. The van der Waals surface area contributed by atoms with Crippen LogP contribution in [0.2, 0.25) is 0 Å². The van der Waals surface area contributed by atoms with Gasteiger partial charge in [0.2, 0.25) is 0 Å². The van der Waals surface area contributed by atoms with E-state index < -0.39 is 70.6 Å². The zero-order chi connectivity index (χ0) is 27.3. The van der Waals surface area contributed by atoms with E-state index in [1.165, 1.54) is 0 Å². The summed E-state index contributed by atoms with van der Waals surface area (Å²) in [4.78, 5) is 67.2. The van der Waals surface area contributed by atoms with Gasteiger partial charge >= 0.3 is 23.9 Å². The van der Waals surface area contributed by atoms with Crippen LogP contribution < -0.4 is 0 Å². The first-order valence-electron chi connectivity index (χ1n) is 12.5.